The maximum Gasteiger partial charge on any atom is 0.105 e. The Labute approximate surface area is 59.7 Å². The number of rotatable bonds is 4. The lowest BCUT2D eigenvalue weighted by atomic mass is 10.1. The second kappa shape index (κ2) is 4.62. The maximum absolute atomic E-state index is 8.92. The highest BCUT2D eigenvalue weighted by molar-refractivity contribution is 4.71. The molecule has 10 heavy (non-hydrogen) atoms. The number of aliphatic hydroxyl groups is 4. The zero-order chi connectivity index (χ0) is 8.15. The van der Waals surface area contributed by atoms with Crippen LogP contribution in [-0.4, -0.2) is 45.3 Å². The molecule has 0 aromatic rings. The first kappa shape index (κ1) is 9.84. The van der Waals surface area contributed by atoms with Crippen LogP contribution < -0.4 is 0 Å². The monoisotopic (exact) mass is 150 g/mol. The first-order valence-electron chi connectivity index (χ1n) is 3.24. The fourth-order valence-corrected chi connectivity index (χ4v) is 0.625. The lowest BCUT2D eigenvalue weighted by molar-refractivity contribution is -0.0586. The van der Waals surface area contributed by atoms with E-state index in [-0.39, 0.29) is 13.0 Å². The fraction of sp³-hybridized carbons (Fsp3) is 1.00. The SMILES string of the molecule is C[C@H](O)[C@@H](O)[C@@H](O)CCO. The summed E-state index contributed by atoms with van der Waals surface area (Å²) in [6.45, 7) is 1.19. The molecule has 0 heterocycles. The quantitative estimate of drug-likeness (QED) is 0.392. The van der Waals surface area contributed by atoms with E-state index >= 15 is 0 Å². The third-order valence-corrected chi connectivity index (χ3v) is 1.31. The highest BCUT2D eigenvalue weighted by atomic mass is 16.4. The summed E-state index contributed by atoms with van der Waals surface area (Å²) in [5.41, 5.74) is 0. The normalized spacial score (nSPS) is 20.1. The molecule has 0 spiro atoms. The van der Waals surface area contributed by atoms with Crippen LogP contribution >= 0.6 is 0 Å². The Morgan fingerprint density at radius 1 is 1.20 bits per heavy atom. The van der Waals surface area contributed by atoms with E-state index in [1.165, 1.54) is 6.92 Å². The van der Waals surface area contributed by atoms with E-state index in [0.29, 0.717) is 0 Å². The van der Waals surface area contributed by atoms with Gasteiger partial charge in [0.2, 0.25) is 0 Å². The van der Waals surface area contributed by atoms with E-state index in [1.54, 1.807) is 0 Å². The molecule has 0 aliphatic carbocycles. The molecule has 0 bridgehead atoms. The van der Waals surface area contributed by atoms with Crippen LogP contribution in [0.1, 0.15) is 13.3 Å². The Balaban J connectivity index is 3.58. The van der Waals surface area contributed by atoms with Crippen LogP contribution in [0.4, 0.5) is 0 Å². The van der Waals surface area contributed by atoms with Gasteiger partial charge in [0.25, 0.3) is 0 Å². The summed E-state index contributed by atoms with van der Waals surface area (Å²) in [6.07, 6.45) is -3.06. The molecule has 4 N–H and O–H groups in total. The van der Waals surface area contributed by atoms with Gasteiger partial charge in [-0.1, -0.05) is 0 Å². The average Bonchev–Trinajstić information content (AvgIpc) is 1.87. The standard InChI is InChI=1S/C6H14O4/c1-4(8)6(10)5(9)2-3-7/h4-10H,2-3H2,1H3/t4-,5-,6+/m0/s1. The third kappa shape index (κ3) is 3.12. The van der Waals surface area contributed by atoms with Crippen molar-refractivity contribution in [3.05, 3.63) is 0 Å². The Bertz CT molecular complexity index is 83.8. The molecule has 0 aromatic carbocycles. The molecule has 0 aliphatic heterocycles. The van der Waals surface area contributed by atoms with E-state index in [2.05, 4.69) is 0 Å². The van der Waals surface area contributed by atoms with Crippen LogP contribution in [0, 0.1) is 0 Å². The van der Waals surface area contributed by atoms with Gasteiger partial charge < -0.3 is 20.4 Å². The van der Waals surface area contributed by atoms with E-state index in [4.69, 9.17) is 20.4 Å². The van der Waals surface area contributed by atoms with Gasteiger partial charge in [0.05, 0.1) is 12.2 Å². The summed E-state index contributed by atoms with van der Waals surface area (Å²) in [6, 6.07) is 0. The fourth-order valence-electron chi connectivity index (χ4n) is 0.625. The van der Waals surface area contributed by atoms with Crippen LogP contribution in [0.3, 0.4) is 0 Å². The molecule has 0 saturated heterocycles. The molecule has 62 valence electrons. The Morgan fingerprint density at radius 2 is 1.70 bits per heavy atom. The first-order chi connectivity index (χ1) is 4.59. The van der Waals surface area contributed by atoms with Gasteiger partial charge in [-0.15, -0.1) is 0 Å². The van der Waals surface area contributed by atoms with Crippen molar-refractivity contribution in [3.63, 3.8) is 0 Å². The maximum atomic E-state index is 8.92. The van der Waals surface area contributed by atoms with Crippen molar-refractivity contribution in [2.45, 2.75) is 31.7 Å². The van der Waals surface area contributed by atoms with E-state index in [9.17, 15) is 0 Å². The topological polar surface area (TPSA) is 80.9 Å². The van der Waals surface area contributed by atoms with Crippen molar-refractivity contribution in [1.82, 2.24) is 0 Å². The number of hydrogen-bond acceptors (Lipinski definition) is 4. The van der Waals surface area contributed by atoms with Crippen LogP contribution in [-0.2, 0) is 0 Å². The van der Waals surface area contributed by atoms with E-state index in [0.717, 1.165) is 0 Å². The number of aliphatic hydroxyl groups excluding tert-OH is 4. The molecular formula is C6H14O4. The third-order valence-electron chi connectivity index (χ3n) is 1.31. The van der Waals surface area contributed by atoms with Crippen LogP contribution in [0.25, 0.3) is 0 Å². The molecule has 0 amide bonds. The highest BCUT2D eigenvalue weighted by Crippen LogP contribution is 2.02. The molecule has 0 fully saturated rings. The lowest BCUT2D eigenvalue weighted by Gasteiger charge is -2.18. The van der Waals surface area contributed by atoms with Crippen LogP contribution in [0.2, 0.25) is 0 Å². The molecular weight excluding hydrogens is 136 g/mol. The molecule has 4 nitrogen and oxygen atoms in total. The zero-order valence-electron chi connectivity index (χ0n) is 5.94. The van der Waals surface area contributed by atoms with Crippen molar-refractivity contribution < 1.29 is 20.4 Å². The van der Waals surface area contributed by atoms with E-state index < -0.39 is 18.3 Å². The molecule has 0 saturated carbocycles. The van der Waals surface area contributed by atoms with Gasteiger partial charge in [0.1, 0.15) is 6.10 Å². The minimum absolute atomic E-state index is 0.0894. The summed E-state index contributed by atoms with van der Waals surface area (Å²) in [7, 11) is 0. The molecule has 0 aromatic heterocycles. The van der Waals surface area contributed by atoms with Gasteiger partial charge in [-0.3, -0.25) is 0 Å². The van der Waals surface area contributed by atoms with Crippen molar-refractivity contribution in [3.8, 4) is 0 Å². The molecule has 0 rings (SSSR count). The van der Waals surface area contributed by atoms with Gasteiger partial charge in [-0.25, -0.2) is 0 Å². The summed E-state index contributed by atoms with van der Waals surface area (Å²) in [5, 5.41) is 34.9. The van der Waals surface area contributed by atoms with Gasteiger partial charge >= 0.3 is 0 Å². The van der Waals surface area contributed by atoms with Gasteiger partial charge in [0, 0.05) is 6.61 Å². The summed E-state index contributed by atoms with van der Waals surface area (Å²) < 4.78 is 0. The molecule has 0 radical (unpaired) electrons. The van der Waals surface area contributed by atoms with E-state index in [1.807, 2.05) is 0 Å². The Hall–Kier alpha value is -0.160. The minimum atomic E-state index is -1.16. The lowest BCUT2D eigenvalue weighted by Crippen LogP contribution is -2.35. The van der Waals surface area contributed by atoms with Crippen molar-refractivity contribution in [2.75, 3.05) is 6.61 Å². The molecule has 0 unspecified atom stereocenters. The molecule has 0 aliphatic rings. The van der Waals surface area contributed by atoms with Crippen molar-refractivity contribution in [1.29, 1.82) is 0 Å². The van der Waals surface area contributed by atoms with Crippen LogP contribution in [0.5, 0.6) is 0 Å². The van der Waals surface area contributed by atoms with Gasteiger partial charge in [0.15, 0.2) is 0 Å². The summed E-state index contributed by atoms with van der Waals surface area (Å²) in [5.74, 6) is 0. The van der Waals surface area contributed by atoms with Crippen molar-refractivity contribution in [2.24, 2.45) is 0 Å². The largest absolute Gasteiger partial charge is 0.396 e. The second-order valence-electron chi connectivity index (χ2n) is 2.31. The Kier molecular flexibility index (Phi) is 4.55. The van der Waals surface area contributed by atoms with Crippen LogP contribution in [0.15, 0.2) is 0 Å². The number of hydrogen-bond donors (Lipinski definition) is 4. The smallest absolute Gasteiger partial charge is 0.105 e. The summed E-state index contributed by atoms with van der Waals surface area (Å²) in [4.78, 5) is 0. The molecule has 3 atom stereocenters. The summed E-state index contributed by atoms with van der Waals surface area (Å²) >= 11 is 0. The predicted octanol–water partition coefficient (Wildman–Crippen LogP) is -1.53. The molecule has 4 heteroatoms. The Morgan fingerprint density at radius 3 is 2.00 bits per heavy atom. The average molecular weight is 150 g/mol. The second-order valence-corrected chi connectivity index (χ2v) is 2.31. The first-order valence-corrected chi connectivity index (χ1v) is 3.24. The zero-order valence-corrected chi connectivity index (χ0v) is 5.94. The predicted molar refractivity (Wildman–Crippen MR) is 35.4 cm³/mol. The van der Waals surface area contributed by atoms with Gasteiger partial charge in [-0.2, -0.15) is 0 Å². The highest BCUT2D eigenvalue weighted by Gasteiger charge is 2.19. The van der Waals surface area contributed by atoms with Gasteiger partial charge in [-0.05, 0) is 13.3 Å². The van der Waals surface area contributed by atoms with Crippen molar-refractivity contribution >= 4 is 0 Å². The minimum Gasteiger partial charge on any atom is -0.396 e.